The molecule has 31 heavy (non-hydrogen) atoms. The van der Waals surface area contributed by atoms with Crippen LogP contribution >= 0.6 is 0 Å². The summed E-state index contributed by atoms with van der Waals surface area (Å²) < 4.78 is 32.6. The molecule has 0 radical (unpaired) electrons. The zero-order valence-corrected chi connectivity index (χ0v) is 19.2. The number of nitrogens with zero attached hydrogens (tertiary/aromatic N) is 1. The molecule has 0 unspecified atom stereocenters. The highest BCUT2D eigenvalue weighted by molar-refractivity contribution is 7.89. The maximum Gasteiger partial charge on any atom is 0.340 e. The van der Waals surface area contributed by atoms with Crippen molar-refractivity contribution in [3.63, 3.8) is 0 Å². The van der Waals surface area contributed by atoms with E-state index < -0.39 is 21.9 Å². The summed E-state index contributed by atoms with van der Waals surface area (Å²) in [4.78, 5) is 28.2. The van der Waals surface area contributed by atoms with Crippen molar-refractivity contribution >= 4 is 27.6 Å². The van der Waals surface area contributed by atoms with Crippen molar-refractivity contribution < 1.29 is 22.7 Å². The van der Waals surface area contributed by atoms with Gasteiger partial charge in [0, 0.05) is 24.5 Å². The van der Waals surface area contributed by atoms with Crippen molar-refractivity contribution in [1.29, 1.82) is 0 Å². The summed E-state index contributed by atoms with van der Waals surface area (Å²) in [6, 6.07) is 4.75. The van der Waals surface area contributed by atoms with Crippen molar-refractivity contribution in [2.24, 2.45) is 0 Å². The number of piperidine rings is 1. The van der Waals surface area contributed by atoms with Gasteiger partial charge in [0.25, 0.3) is 5.91 Å². The van der Waals surface area contributed by atoms with Gasteiger partial charge in [-0.3, -0.25) is 4.79 Å². The van der Waals surface area contributed by atoms with E-state index in [1.807, 2.05) is 0 Å². The van der Waals surface area contributed by atoms with E-state index in [4.69, 9.17) is 4.74 Å². The largest absolute Gasteiger partial charge is 0.462 e. The number of benzene rings is 1. The molecule has 2 aromatic rings. The molecule has 0 saturated carbocycles. The van der Waals surface area contributed by atoms with Gasteiger partial charge in [0.05, 0.1) is 17.1 Å². The lowest BCUT2D eigenvalue weighted by Gasteiger charge is -2.26. The Labute approximate surface area is 183 Å². The minimum Gasteiger partial charge on any atom is -0.462 e. The predicted molar refractivity (Wildman–Crippen MR) is 118 cm³/mol. The molecule has 1 aliphatic heterocycles. The summed E-state index contributed by atoms with van der Waals surface area (Å²) in [5.41, 5.74) is 2.75. The van der Waals surface area contributed by atoms with E-state index in [1.165, 1.54) is 10.4 Å². The fourth-order valence-corrected chi connectivity index (χ4v) is 5.37. The molecule has 1 fully saturated rings. The smallest absolute Gasteiger partial charge is 0.340 e. The van der Waals surface area contributed by atoms with Gasteiger partial charge in [-0.25, -0.2) is 13.2 Å². The normalized spacial score (nSPS) is 15.0. The topological polar surface area (TPSA) is 109 Å². The molecule has 0 aliphatic carbocycles. The van der Waals surface area contributed by atoms with E-state index in [-0.39, 0.29) is 17.2 Å². The monoisotopic (exact) mass is 447 g/mol. The number of ether oxygens (including phenoxy) is 1. The molecule has 1 saturated heterocycles. The number of hydrogen-bond donors (Lipinski definition) is 2. The maximum atomic E-state index is 13.0. The Balaban J connectivity index is 1.88. The van der Waals surface area contributed by atoms with Crippen LogP contribution in [0.4, 0.5) is 5.69 Å². The summed E-state index contributed by atoms with van der Waals surface area (Å²) >= 11 is 0. The fourth-order valence-electron chi connectivity index (χ4n) is 3.82. The first-order valence-electron chi connectivity index (χ1n) is 10.4. The van der Waals surface area contributed by atoms with E-state index in [1.54, 1.807) is 39.8 Å². The molecule has 168 valence electrons. The zero-order chi connectivity index (χ0) is 22.8. The van der Waals surface area contributed by atoms with Crippen LogP contribution in [0.2, 0.25) is 0 Å². The second-order valence-corrected chi connectivity index (χ2v) is 9.68. The van der Waals surface area contributed by atoms with Crippen LogP contribution in [0.3, 0.4) is 0 Å². The molecule has 1 aromatic carbocycles. The van der Waals surface area contributed by atoms with Crippen molar-refractivity contribution in [2.45, 2.75) is 51.9 Å². The number of carbonyl (C=O) groups is 2. The zero-order valence-electron chi connectivity index (χ0n) is 18.4. The average molecular weight is 448 g/mol. The van der Waals surface area contributed by atoms with Crippen LogP contribution in [-0.2, 0) is 14.8 Å². The van der Waals surface area contributed by atoms with Gasteiger partial charge >= 0.3 is 5.97 Å². The van der Waals surface area contributed by atoms with E-state index >= 15 is 0 Å². The van der Waals surface area contributed by atoms with Crippen LogP contribution in [0.5, 0.6) is 0 Å². The van der Waals surface area contributed by atoms with Crippen LogP contribution in [-0.4, -0.2) is 49.3 Å². The van der Waals surface area contributed by atoms with Crippen LogP contribution in [0.15, 0.2) is 23.1 Å². The number of esters is 1. The van der Waals surface area contributed by atoms with Gasteiger partial charge in [0.15, 0.2) is 0 Å². The Morgan fingerprint density at radius 2 is 1.81 bits per heavy atom. The second kappa shape index (κ2) is 9.23. The minimum atomic E-state index is -3.62. The summed E-state index contributed by atoms with van der Waals surface area (Å²) in [7, 11) is -3.62. The number of amides is 1. The van der Waals surface area contributed by atoms with Crippen LogP contribution in [0.1, 0.15) is 63.9 Å². The Bertz CT molecular complexity index is 1100. The van der Waals surface area contributed by atoms with Crippen LogP contribution in [0.25, 0.3) is 0 Å². The molecule has 2 N–H and O–H groups in total. The number of aryl methyl sites for hydroxylation is 2. The number of H-pyrrole nitrogens is 1. The van der Waals surface area contributed by atoms with E-state index in [2.05, 4.69) is 10.3 Å². The summed E-state index contributed by atoms with van der Waals surface area (Å²) in [6.45, 7) is 8.15. The predicted octanol–water partition coefficient (Wildman–Crippen LogP) is 3.54. The van der Waals surface area contributed by atoms with Gasteiger partial charge in [-0.1, -0.05) is 12.5 Å². The Morgan fingerprint density at radius 3 is 2.45 bits per heavy atom. The van der Waals surface area contributed by atoms with Gasteiger partial charge in [-0.15, -0.1) is 0 Å². The molecule has 3 rings (SSSR count). The van der Waals surface area contributed by atoms with Crippen molar-refractivity contribution in [3.8, 4) is 0 Å². The first kappa shape index (κ1) is 23.0. The van der Waals surface area contributed by atoms with Gasteiger partial charge < -0.3 is 15.0 Å². The molecular weight excluding hydrogens is 418 g/mol. The quantitative estimate of drug-likeness (QED) is 0.659. The molecule has 0 bridgehead atoms. The third-order valence-electron chi connectivity index (χ3n) is 5.55. The van der Waals surface area contributed by atoms with E-state index in [9.17, 15) is 18.0 Å². The number of aromatic nitrogens is 1. The minimum absolute atomic E-state index is 0.155. The van der Waals surface area contributed by atoms with Crippen molar-refractivity contribution in [2.75, 3.05) is 25.0 Å². The number of carbonyl (C=O) groups excluding carboxylic acids is 2. The molecule has 0 atom stereocenters. The van der Waals surface area contributed by atoms with Gasteiger partial charge in [0.2, 0.25) is 10.0 Å². The first-order chi connectivity index (χ1) is 14.7. The number of aromatic amines is 1. The summed E-state index contributed by atoms with van der Waals surface area (Å²) in [6.07, 6.45) is 2.73. The molecule has 9 heteroatoms. The molecule has 1 aromatic heterocycles. The fraction of sp³-hybridized carbons (Fsp3) is 0.455. The average Bonchev–Trinajstić information content (AvgIpc) is 3.04. The Hall–Kier alpha value is -2.65. The Kier molecular flexibility index (Phi) is 6.86. The highest BCUT2D eigenvalue weighted by Crippen LogP contribution is 2.26. The van der Waals surface area contributed by atoms with Crippen molar-refractivity contribution in [1.82, 2.24) is 9.29 Å². The SMILES string of the molecule is CCOC(=O)c1c(C)[nH]c(C(=O)Nc2cc(S(=O)(=O)N3CCCCC3)ccc2C)c1C. The van der Waals surface area contributed by atoms with E-state index in [0.717, 1.165) is 24.8 Å². The number of rotatable bonds is 6. The number of hydrogen-bond acceptors (Lipinski definition) is 5. The standard InChI is InChI=1S/C22H29N3O5S/c1-5-30-22(27)19-15(3)20(23-16(19)4)21(26)24-18-13-17(10-9-14(18)2)31(28,29)25-11-7-6-8-12-25/h9-10,13,23H,5-8,11-12H2,1-4H3,(H,24,26). The summed E-state index contributed by atoms with van der Waals surface area (Å²) in [5, 5.41) is 2.79. The molecule has 1 aliphatic rings. The lowest BCUT2D eigenvalue weighted by atomic mass is 10.1. The third-order valence-corrected chi connectivity index (χ3v) is 7.45. The highest BCUT2D eigenvalue weighted by atomic mass is 32.2. The lowest BCUT2D eigenvalue weighted by molar-refractivity contribution is 0.0525. The number of nitrogens with one attached hydrogen (secondary N) is 2. The molecule has 0 spiro atoms. The van der Waals surface area contributed by atoms with Gasteiger partial charge in [-0.2, -0.15) is 4.31 Å². The van der Waals surface area contributed by atoms with Crippen molar-refractivity contribution in [3.05, 3.63) is 46.3 Å². The Morgan fingerprint density at radius 1 is 1.13 bits per heavy atom. The first-order valence-corrected chi connectivity index (χ1v) is 11.9. The maximum absolute atomic E-state index is 13.0. The molecular formula is C22H29N3O5S. The lowest BCUT2D eigenvalue weighted by Crippen LogP contribution is -2.35. The highest BCUT2D eigenvalue weighted by Gasteiger charge is 2.27. The number of anilines is 1. The molecule has 8 nitrogen and oxygen atoms in total. The molecule has 1 amide bonds. The second-order valence-electron chi connectivity index (χ2n) is 7.74. The van der Waals surface area contributed by atoms with Crippen LogP contribution in [0, 0.1) is 20.8 Å². The van der Waals surface area contributed by atoms with Gasteiger partial charge in [0.1, 0.15) is 5.69 Å². The third kappa shape index (κ3) is 4.67. The summed E-state index contributed by atoms with van der Waals surface area (Å²) in [5.74, 6) is -0.939. The number of sulfonamides is 1. The van der Waals surface area contributed by atoms with E-state index in [0.29, 0.717) is 35.6 Å². The van der Waals surface area contributed by atoms with Gasteiger partial charge in [-0.05, 0) is 63.8 Å². The molecule has 2 heterocycles. The van der Waals surface area contributed by atoms with Crippen LogP contribution < -0.4 is 5.32 Å².